The number of amides is 2. The number of aliphatic hydroxyl groups excluding tert-OH is 1. The summed E-state index contributed by atoms with van der Waals surface area (Å²) in [6, 6.07) is -0.844. The lowest BCUT2D eigenvalue weighted by molar-refractivity contribution is -0.128. The average Bonchev–Trinajstić information content (AvgIpc) is 2.11. The molecule has 2 amide bonds. The molecule has 0 aromatic heterocycles. The van der Waals surface area contributed by atoms with E-state index in [-0.39, 0.29) is 30.4 Å². The molecule has 0 aliphatic rings. The van der Waals surface area contributed by atoms with Crippen molar-refractivity contribution in [2.24, 2.45) is 5.92 Å². The van der Waals surface area contributed by atoms with Crippen LogP contribution in [-0.4, -0.2) is 35.6 Å². The fraction of sp³-hybridized carbons (Fsp3) is 0.800. The molecule has 0 rings (SSSR count). The Labute approximate surface area is 90.2 Å². The highest BCUT2D eigenvalue weighted by molar-refractivity contribution is 5.86. The number of carbonyl (C=O) groups is 2. The fourth-order valence-electron chi connectivity index (χ4n) is 1.10. The first-order chi connectivity index (χ1) is 6.88. The van der Waals surface area contributed by atoms with Gasteiger partial charge in [-0.05, 0) is 12.8 Å². The van der Waals surface area contributed by atoms with Gasteiger partial charge in [-0.15, -0.1) is 0 Å². The third-order valence-electron chi connectivity index (χ3n) is 2.14. The van der Waals surface area contributed by atoms with Gasteiger partial charge < -0.3 is 15.7 Å². The monoisotopic (exact) mass is 216 g/mol. The first-order valence-electron chi connectivity index (χ1n) is 5.06. The van der Waals surface area contributed by atoms with Crippen LogP contribution in [0.1, 0.15) is 27.7 Å². The number of rotatable bonds is 5. The van der Waals surface area contributed by atoms with Crippen LogP contribution in [0.25, 0.3) is 0 Å². The molecular weight excluding hydrogens is 196 g/mol. The van der Waals surface area contributed by atoms with Gasteiger partial charge in [-0.3, -0.25) is 9.59 Å². The van der Waals surface area contributed by atoms with E-state index < -0.39 is 6.04 Å². The van der Waals surface area contributed by atoms with Crippen molar-refractivity contribution in [2.75, 3.05) is 6.61 Å². The molecule has 1 unspecified atom stereocenters. The molecule has 0 aromatic carbocycles. The highest BCUT2D eigenvalue weighted by Crippen LogP contribution is 2.00. The maximum Gasteiger partial charge on any atom is 0.242 e. The van der Waals surface area contributed by atoms with Gasteiger partial charge in [0, 0.05) is 6.92 Å². The number of nitrogens with one attached hydrogen (secondary N) is 2. The molecule has 3 N–H and O–H groups in total. The van der Waals surface area contributed by atoms with Crippen LogP contribution in [-0.2, 0) is 9.59 Å². The summed E-state index contributed by atoms with van der Waals surface area (Å²) < 4.78 is 0. The molecule has 0 fully saturated rings. The lowest BCUT2D eigenvalue weighted by Gasteiger charge is -2.22. The van der Waals surface area contributed by atoms with Gasteiger partial charge in [0.15, 0.2) is 0 Å². The van der Waals surface area contributed by atoms with Gasteiger partial charge in [-0.1, -0.05) is 13.8 Å². The maximum atomic E-state index is 11.5. The van der Waals surface area contributed by atoms with E-state index in [1.54, 1.807) is 6.92 Å². The highest BCUT2D eigenvalue weighted by Gasteiger charge is 2.19. The molecule has 0 aromatic rings. The molecule has 5 heteroatoms. The highest BCUT2D eigenvalue weighted by atomic mass is 16.3. The number of carbonyl (C=O) groups excluding carboxylic acids is 2. The van der Waals surface area contributed by atoms with Crippen LogP contribution in [0.5, 0.6) is 0 Å². The summed E-state index contributed by atoms with van der Waals surface area (Å²) in [5.74, 6) is -0.371. The van der Waals surface area contributed by atoms with Crippen LogP contribution in [0.2, 0.25) is 0 Å². The van der Waals surface area contributed by atoms with Crippen LogP contribution in [0, 0.1) is 5.92 Å². The van der Waals surface area contributed by atoms with E-state index in [9.17, 15) is 9.59 Å². The topological polar surface area (TPSA) is 78.4 Å². The van der Waals surface area contributed by atoms with Crippen LogP contribution in [0.3, 0.4) is 0 Å². The van der Waals surface area contributed by atoms with Gasteiger partial charge in [0.1, 0.15) is 6.04 Å². The van der Waals surface area contributed by atoms with E-state index in [0.717, 1.165) is 0 Å². The number of hydrogen-bond acceptors (Lipinski definition) is 3. The first kappa shape index (κ1) is 13.9. The van der Waals surface area contributed by atoms with Crippen LogP contribution in [0.4, 0.5) is 0 Å². The largest absolute Gasteiger partial charge is 0.394 e. The second-order valence-electron chi connectivity index (χ2n) is 3.96. The first-order valence-corrected chi connectivity index (χ1v) is 5.06. The summed E-state index contributed by atoms with van der Waals surface area (Å²) in [5.41, 5.74) is 0. The molecular formula is C10H20N2O3. The SMILES string of the molecule is CC(=O)NC(C)C(=O)N[C@H](CO)C(C)C. The fourth-order valence-corrected chi connectivity index (χ4v) is 1.10. The van der Waals surface area contributed by atoms with Crippen molar-refractivity contribution < 1.29 is 14.7 Å². The Morgan fingerprint density at radius 1 is 1.20 bits per heavy atom. The van der Waals surface area contributed by atoms with Crippen LogP contribution >= 0.6 is 0 Å². The Morgan fingerprint density at radius 2 is 1.73 bits per heavy atom. The van der Waals surface area contributed by atoms with E-state index >= 15 is 0 Å². The molecule has 2 atom stereocenters. The van der Waals surface area contributed by atoms with Crippen molar-refractivity contribution in [1.82, 2.24) is 10.6 Å². The summed E-state index contributed by atoms with van der Waals surface area (Å²) in [6.07, 6.45) is 0. The molecule has 88 valence electrons. The minimum Gasteiger partial charge on any atom is -0.394 e. The second kappa shape index (κ2) is 6.40. The Hall–Kier alpha value is -1.10. The van der Waals surface area contributed by atoms with E-state index in [4.69, 9.17) is 5.11 Å². The van der Waals surface area contributed by atoms with Crippen molar-refractivity contribution in [2.45, 2.75) is 39.8 Å². The van der Waals surface area contributed by atoms with Gasteiger partial charge in [0.25, 0.3) is 0 Å². The van der Waals surface area contributed by atoms with Crippen molar-refractivity contribution in [3.05, 3.63) is 0 Å². The minimum absolute atomic E-state index is 0.101. The number of aliphatic hydroxyl groups is 1. The molecule has 5 nitrogen and oxygen atoms in total. The summed E-state index contributed by atoms with van der Waals surface area (Å²) in [4.78, 5) is 22.2. The zero-order valence-electron chi connectivity index (χ0n) is 9.70. The number of hydrogen-bond donors (Lipinski definition) is 3. The zero-order valence-corrected chi connectivity index (χ0v) is 9.70. The molecule has 0 saturated carbocycles. The Morgan fingerprint density at radius 3 is 2.07 bits per heavy atom. The summed E-state index contributed by atoms with van der Waals surface area (Å²) >= 11 is 0. The van der Waals surface area contributed by atoms with Gasteiger partial charge in [-0.2, -0.15) is 0 Å². The Bertz CT molecular complexity index is 229. The maximum absolute atomic E-state index is 11.5. The Kier molecular flexibility index (Phi) is 5.93. The van der Waals surface area contributed by atoms with Gasteiger partial charge >= 0.3 is 0 Å². The second-order valence-corrected chi connectivity index (χ2v) is 3.96. The van der Waals surface area contributed by atoms with E-state index in [2.05, 4.69) is 10.6 Å². The van der Waals surface area contributed by atoms with E-state index in [1.807, 2.05) is 13.8 Å². The summed E-state index contributed by atoms with van der Waals surface area (Å²) in [5, 5.41) is 14.2. The quantitative estimate of drug-likeness (QED) is 0.587. The molecule has 0 bridgehead atoms. The van der Waals surface area contributed by atoms with Crippen molar-refractivity contribution in [3.63, 3.8) is 0 Å². The zero-order chi connectivity index (χ0) is 12.0. The molecule has 0 aliphatic heterocycles. The molecule has 0 radical (unpaired) electrons. The van der Waals surface area contributed by atoms with Gasteiger partial charge in [0.05, 0.1) is 12.6 Å². The van der Waals surface area contributed by atoms with Crippen molar-refractivity contribution in [3.8, 4) is 0 Å². The third kappa shape index (κ3) is 5.37. The minimum atomic E-state index is -0.574. The normalized spacial score (nSPS) is 14.5. The van der Waals surface area contributed by atoms with Crippen LogP contribution in [0.15, 0.2) is 0 Å². The van der Waals surface area contributed by atoms with Crippen molar-refractivity contribution in [1.29, 1.82) is 0 Å². The predicted molar refractivity (Wildman–Crippen MR) is 57.1 cm³/mol. The molecule has 15 heavy (non-hydrogen) atoms. The average molecular weight is 216 g/mol. The summed E-state index contributed by atoms with van der Waals surface area (Å²) in [6.45, 7) is 6.67. The smallest absolute Gasteiger partial charge is 0.242 e. The third-order valence-corrected chi connectivity index (χ3v) is 2.14. The molecule has 0 aliphatic carbocycles. The predicted octanol–water partition coefficient (Wildman–Crippen LogP) is -0.356. The molecule has 0 saturated heterocycles. The summed E-state index contributed by atoms with van der Waals surface area (Å²) in [7, 11) is 0. The Balaban J connectivity index is 4.15. The van der Waals surface area contributed by atoms with E-state index in [0.29, 0.717) is 0 Å². The lowest BCUT2D eigenvalue weighted by Crippen LogP contribution is -2.50. The van der Waals surface area contributed by atoms with E-state index in [1.165, 1.54) is 6.92 Å². The lowest BCUT2D eigenvalue weighted by atomic mass is 10.1. The molecule has 0 spiro atoms. The van der Waals surface area contributed by atoms with Gasteiger partial charge in [-0.25, -0.2) is 0 Å². The standard InChI is InChI=1S/C10H20N2O3/c1-6(2)9(5-13)12-10(15)7(3)11-8(4)14/h6-7,9,13H,5H2,1-4H3,(H,11,14)(H,12,15)/t7?,9-/m1/s1. The molecule has 0 heterocycles. The van der Waals surface area contributed by atoms with Crippen LogP contribution < -0.4 is 10.6 Å². The van der Waals surface area contributed by atoms with Crippen molar-refractivity contribution >= 4 is 11.8 Å². The van der Waals surface area contributed by atoms with Gasteiger partial charge in [0.2, 0.25) is 11.8 Å².